The maximum atomic E-state index is 9.75. The number of nitrogens with zero attached hydrogens (tertiary/aromatic N) is 1. The van der Waals surface area contributed by atoms with E-state index < -0.39 is 0 Å². The van der Waals surface area contributed by atoms with Crippen molar-refractivity contribution in [2.24, 2.45) is 0 Å². The van der Waals surface area contributed by atoms with E-state index in [1.807, 2.05) is 12.1 Å². The lowest BCUT2D eigenvalue weighted by Gasteiger charge is -2.18. The lowest BCUT2D eigenvalue weighted by Crippen LogP contribution is -2.05. The maximum absolute atomic E-state index is 9.75. The van der Waals surface area contributed by atoms with Crippen molar-refractivity contribution in [3.8, 4) is 11.8 Å². The molecule has 2 rings (SSSR count). The van der Waals surface area contributed by atoms with Gasteiger partial charge in [0.15, 0.2) is 11.8 Å². The molecule has 0 radical (unpaired) electrons. The fourth-order valence-electron chi connectivity index (χ4n) is 2.85. The van der Waals surface area contributed by atoms with E-state index in [-0.39, 0.29) is 11.8 Å². The van der Waals surface area contributed by atoms with Crippen molar-refractivity contribution in [1.29, 1.82) is 0 Å². The topological polar surface area (TPSA) is 71.4 Å². The Morgan fingerprint density at radius 3 is 2.18 bits per heavy atom. The molecule has 0 aliphatic carbocycles. The second-order valence-corrected chi connectivity index (χ2v) is 5.85. The van der Waals surface area contributed by atoms with Crippen molar-refractivity contribution in [2.75, 3.05) is 5.73 Å². The first kappa shape index (κ1) is 16.3. The summed E-state index contributed by atoms with van der Waals surface area (Å²) in [6.07, 6.45) is 5.61. The van der Waals surface area contributed by atoms with Crippen LogP contribution in [0.15, 0.2) is 36.4 Å². The highest BCUT2D eigenvalue weighted by Crippen LogP contribution is 2.30. The zero-order chi connectivity index (χ0) is 15.9. The Hall–Kier alpha value is -2.10. The average molecular weight is 302 g/mol. The van der Waals surface area contributed by atoms with Gasteiger partial charge in [0.1, 0.15) is 0 Å². The van der Waals surface area contributed by atoms with Gasteiger partial charge in [0.2, 0.25) is 0 Å². The third-order valence-electron chi connectivity index (χ3n) is 4.20. The monoisotopic (exact) mass is 302 g/mol. The van der Waals surface area contributed by atoms with Crippen LogP contribution < -0.4 is 5.73 Å². The Labute approximate surface area is 132 Å². The summed E-state index contributed by atoms with van der Waals surface area (Å²) in [5.41, 5.74) is 7.82. The van der Waals surface area contributed by atoms with Crippen LogP contribution in [-0.4, -0.2) is 14.8 Å². The van der Waals surface area contributed by atoms with Crippen LogP contribution in [-0.2, 0) is 6.54 Å². The van der Waals surface area contributed by atoms with Crippen LogP contribution in [0.25, 0.3) is 0 Å². The van der Waals surface area contributed by atoms with Crippen LogP contribution in [0.5, 0.6) is 11.8 Å². The Kier molecular flexibility index (Phi) is 5.75. The molecule has 120 valence electrons. The third-order valence-corrected chi connectivity index (χ3v) is 4.20. The first-order valence-electron chi connectivity index (χ1n) is 8.04. The van der Waals surface area contributed by atoms with Gasteiger partial charge in [0.05, 0.1) is 0 Å². The van der Waals surface area contributed by atoms with Crippen molar-refractivity contribution < 1.29 is 10.2 Å². The molecular formula is C18H26N2O2. The van der Waals surface area contributed by atoms with Crippen LogP contribution in [0.3, 0.4) is 0 Å². The van der Waals surface area contributed by atoms with E-state index >= 15 is 0 Å². The van der Waals surface area contributed by atoms with Crippen molar-refractivity contribution in [3.05, 3.63) is 42.0 Å². The SMILES string of the molecule is CCCCCC(CCn1c(O)ccc1O)c1ccc(N)cc1. The highest BCUT2D eigenvalue weighted by Gasteiger charge is 2.14. The fraction of sp³-hybridized carbons (Fsp3) is 0.444. The van der Waals surface area contributed by atoms with Crippen LogP contribution in [0.1, 0.15) is 50.5 Å². The first-order valence-corrected chi connectivity index (χ1v) is 8.04. The molecule has 0 aliphatic heterocycles. The zero-order valence-corrected chi connectivity index (χ0v) is 13.2. The van der Waals surface area contributed by atoms with Crippen LogP contribution in [0, 0.1) is 0 Å². The molecule has 1 unspecified atom stereocenters. The van der Waals surface area contributed by atoms with Crippen molar-refractivity contribution >= 4 is 5.69 Å². The van der Waals surface area contributed by atoms with Crippen LogP contribution in [0.2, 0.25) is 0 Å². The smallest absolute Gasteiger partial charge is 0.193 e. The highest BCUT2D eigenvalue weighted by molar-refractivity contribution is 5.40. The molecule has 0 spiro atoms. The fourth-order valence-corrected chi connectivity index (χ4v) is 2.85. The number of benzene rings is 1. The van der Waals surface area contributed by atoms with Crippen molar-refractivity contribution in [3.63, 3.8) is 0 Å². The minimum absolute atomic E-state index is 0.113. The average Bonchev–Trinajstić information content (AvgIpc) is 2.83. The van der Waals surface area contributed by atoms with E-state index in [0.717, 1.165) is 18.5 Å². The lowest BCUT2D eigenvalue weighted by atomic mass is 9.90. The molecule has 4 N–H and O–H groups in total. The molecular weight excluding hydrogens is 276 g/mol. The number of aromatic hydroxyl groups is 2. The summed E-state index contributed by atoms with van der Waals surface area (Å²) in [6.45, 7) is 2.81. The molecule has 1 aromatic carbocycles. The molecule has 0 saturated heterocycles. The molecule has 1 heterocycles. The summed E-state index contributed by atoms with van der Waals surface area (Å²) < 4.78 is 1.55. The van der Waals surface area contributed by atoms with Gasteiger partial charge in [-0.05, 0) is 36.5 Å². The summed E-state index contributed by atoms with van der Waals surface area (Å²) >= 11 is 0. The number of unbranched alkanes of at least 4 members (excludes halogenated alkanes) is 2. The number of aromatic nitrogens is 1. The Balaban J connectivity index is 2.05. The van der Waals surface area contributed by atoms with E-state index in [2.05, 4.69) is 19.1 Å². The minimum atomic E-state index is 0.113. The number of hydrogen-bond acceptors (Lipinski definition) is 3. The molecule has 0 amide bonds. The van der Waals surface area contributed by atoms with Crippen molar-refractivity contribution in [1.82, 2.24) is 4.57 Å². The van der Waals surface area contributed by atoms with E-state index in [1.165, 1.54) is 37.0 Å². The number of hydrogen-bond donors (Lipinski definition) is 3. The van der Waals surface area contributed by atoms with Gasteiger partial charge in [0, 0.05) is 24.4 Å². The van der Waals surface area contributed by atoms with Crippen molar-refractivity contribution in [2.45, 2.75) is 51.5 Å². The molecule has 0 fully saturated rings. The standard InChI is InChI=1S/C18H26N2O2/c1-2-3-4-5-14(15-6-8-16(19)9-7-15)12-13-20-17(21)10-11-18(20)22/h6-11,14,21-22H,2-5,12-13,19H2,1H3. The van der Waals surface area contributed by atoms with E-state index in [0.29, 0.717) is 12.5 Å². The summed E-state index contributed by atoms with van der Waals surface area (Å²) in [5.74, 6) is 0.637. The number of nitrogens with two attached hydrogens (primary N) is 1. The van der Waals surface area contributed by atoms with Gasteiger partial charge < -0.3 is 15.9 Å². The van der Waals surface area contributed by atoms with Gasteiger partial charge >= 0.3 is 0 Å². The van der Waals surface area contributed by atoms with Gasteiger partial charge in [-0.3, -0.25) is 4.57 Å². The predicted octanol–water partition coefficient (Wildman–Crippen LogP) is 4.24. The second-order valence-electron chi connectivity index (χ2n) is 5.85. The zero-order valence-electron chi connectivity index (χ0n) is 13.2. The van der Waals surface area contributed by atoms with E-state index in [4.69, 9.17) is 5.73 Å². The van der Waals surface area contributed by atoms with Gasteiger partial charge in [-0.15, -0.1) is 0 Å². The van der Waals surface area contributed by atoms with Gasteiger partial charge in [-0.2, -0.15) is 0 Å². The second kappa shape index (κ2) is 7.78. The Bertz CT molecular complexity index is 556. The Morgan fingerprint density at radius 1 is 0.955 bits per heavy atom. The number of anilines is 1. The largest absolute Gasteiger partial charge is 0.494 e. The predicted molar refractivity (Wildman–Crippen MR) is 90.1 cm³/mol. The normalized spacial score (nSPS) is 12.4. The molecule has 22 heavy (non-hydrogen) atoms. The molecule has 1 atom stereocenters. The Morgan fingerprint density at radius 2 is 1.59 bits per heavy atom. The summed E-state index contributed by atoms with van der Waals surface area (Å²) in [6, 6.07) is 11.1. The molecule has 1 aromatic heterocycles. The molecule has 0 saturated carbocycles. The molecule has 4 heteroatoms. The summed E-state index contributed by atoms with van der Waals surface area (Å²) in [5, 5.41) is 19.5. The molecule has 4 nitrogen and oxygen atoms in total. The third kappa shape index (κ3) is 4.20. The number of nitrogen functional groups attached to an aromatic ring is 1. The minimum Gasteiger partial charge on any atom is -0.494 e. The van der Waals surface area contributed by atoms with Crippen LogP contribution in [0.4, 0.5) is 5.69 Å². The van der Waals surface area contributed by atoms with E-state index in [1.54, 1.807) is 4.57 Å². The van der Waals surface area contributed by atoms with Gasteiger partial charge in [0.25, 0.3) is 0 Å². The van der Waals surface area contributed by atoms with Crippen LogP contribution >= 0.6 is 0 Å². The summed E-state index contributed by atoms with van der Waals surface area (Å²) in [7, 11) is 0. The molecule has 2 aromatic rings. The first-order chi connectivity index (χ1) is 10.6. The number of rotatable bonds is 8. The summed E-state index contributed by atoms with van der Waals surface area (Å²) in [4.78, 5) is 0. The van der Waals surface area contributed by atoms with Gasteiger partial charge in [-0.25, -0.2) is 0 Å². The molecule has 0 bridgehead atoms. The maximum Gasteiger partial charge on any atom is 0.193 e. The lowest BCUT2D eigenvalue weighted by molar-refractivity contribution is 0.355. The quantitative estimate of drug-likeness (QED) is 0.504. The highest BCUT2D eigenvalue weighted by atomic mass is 16.3. The molecule has 0 aliphatic rings. The van der Waals surface area contributed by atoms with E-state index in [9.17, 15) is 10.2 Å². The van der Waals surface area contributed by atoms with Gasteiger partial charge in [-0.1, -0.05) is 38.3 Å².